The summed E-state index contributed by atoms with van der Waals surface area (Å²) >= 11 is 0. The average molecular weight is 433 g/mol. The molecule has 0 aromatic carbocycles. The molecule has 0 unspecified atom stereocenters. The Kier molecular flexibility index (Phi) is 8.94. The Morgan fingerprint density at radius 1 is 1.30 bits per heavy atom. The number of aromatic nitrogens is 2. The van der Waals surface area contributed by atoms with E-state index in [0.29, 0.717) is 5.41 Å². The molecule has 0 bridgehead atoms. The fourth-order valence-electron chi connectivity index (χ4n) is 3.22. The zero-order valence-corrected chi connectivity index (χ0v) is 17.1. The van der Waals surface area contributed by atoms with Gasteiger partial charge in [-0.15, -0.1) is 24.0 Å². The number of nitrogens with one attached hydrogen (secondary N) is 2. The topological polar surface area (TPSA) is 54.2 Å². The van der Waals surface area contributed by atoms with Crippen LogP contribution in [0.4, 0.5) is 0 Å². The number of guanidine groups is 1. The molecule has 1 aliphatic carbocycles. The summed E-state index contributed by atoms with van der Waals surface area (Å²) in [7, 11) is 0. The molecule has 132 valence electrons. The van der Waals surface area contributed by atoms with Crippen LogP contribution in [-0.4, -0.2) is 35.4 Å². The Morgan fingerprint density at radius 3 is 2.61 bits per heavy atom. The maximum atomic E-state index is 4.84. The Balaban J connectivity index is 0.00000264. The van der Waals surface area contributed by atoms with Crippen molar-refractivity contribution in [1.29, 1.82) is 0 Å². The van der Waals surface area contributed by atoms with E-state index in [-0.39, 0.29) is 24.0 Å². The summed E-state index contributed by atoms with van der Waals surface area (Å²) in [6, 6.07) is 0. The minimum Gasteiger partial charge on any atom is -0.357 e. The van der Waals surface area contributed by atoms with Gasteiger partial charge in [-0.3, -0.25) is 9.67 Å². The fraction of sp³-hybridized carbons (Fsp3) is 0.765. The molecule has 0 amide bonds. The van der Waals surface area contributed by atoms with Crippen LogP contribution in [0, 0.1) is 12.3 Å². The number of aryl methyl sites for hydroxylation is 1. The van der Waals surface area contributed by atoms with Crippen molar-refractivity contribution in [2.75, 3.05) is 19.6 Å². The first-order valence-electron chi connectivity index (χ1n) is 8.69. The predicted molar refractivity (Wildman–Crippen MR) is 108 cm³/mol. The summed E-state index contributed by atoms with van der Waals surface area (Å²) in [4.78, 5) is 4.84. The summed E-state index contributed by atoms with van der Waals surface area (Å²) < 4.78 is 1.97. The molecule has 0 atom stereocenters. The molecule has 2 rings (SSSR count). The zero-order chi connectivity index (χ0) is 15.8. The van der Waals surface area contributed by atoms with Gasteiger partial charge in [0.25, 0.3) is 0 Å². The molecule has 1 aromatic heterocycles. The predicted octanol–water partition coefficient (Wildman–Crippen LogP) is 3.34. The van der Waals surface area contributed by atoms with Crippen LogP contribution in [0.5, 0.6) is 0 Å². The molecule has 1 aromatic rings. The van der Waals surface area contributed by atoms with Gasteiger partial charge >= 0.3 is 0 Å². The van der Waals surface area contributed by atoms with Crippen molar-refractivity contribution in [2.24, 2.45) is 10.4 Å². The SMILES string of the molecule is CCNC(=NCC1(CC)CCCC1)NCCn1cc(C)cn1.I. The third kappa shape index (κ3) is 6.31. The minimum absolute atomic E-state index is 0. The van der Waals surface area contributed by atoms with E-state index in [9.17, 15) is 0 Å². The Hall–Kier alpha value is -0.790. The van der Waals surface area contributed by atoms with E-state index >= 15 is 0 Å². The van der Waals surface area contributed by atoms with Gasteiger partial charge in [0.1, 0.15) is 0 Å². The van der Waals surface area contributed by atoms with Crippen molar-refractivity contribution in [3.8, 4) is 0 Å². The lowest BCUT2D eigenvalue weighted by atomic mass is 9.84. The average Bonchev–Trinajstić information content (AvgIpc) is 3.15. The highest BCUT2D eigenvalue weighted by Gasteiger charge is 2.31. The Bertz CT molecular complexity index is 477. The van der Waals surface area contributed by atoms with Crippen LogP contribution in [0.1, 0.15) is 51.5 Å². The van der Waals surface area contributed by atoms with Crippen LogP contribution in [-0.2, 0) is 6.54 Å². The van der Waals surface area contributed by atoms with Crippen molar-refractivity contribution < 1.29 is 0 Å². The molecule has 1 fully saturated rings. The summed E-state index contributed by atoms with van der Waals surface area (Å²) in [5, 5.41) is 11.1. The number of halogens is 1. The van der Waals surface area contributed by atoms with E-state index < -0.39 is 0 Å². The number of hydrogen-bond acceptors (Lipinski definition) is 2. The van der Waals surface area contributed by atoms with Crippen molar-refractivity contribution in [1.82, 2.24) is 20.4 Å². The largest absolute Gasteiger partial charge is 0.357 e. The Morgan fingerprint density at radius 2 is 2.04 bits per heavy atom. The fourth-order valence-corrected chi connectivity index (χ4v) is 3.22. The lowest BCUT2D eigenvalue weighted by molar-refractivity contribution is 0.297. The van der Waals surface area contributed by atoms with E-state index in [4.69, 9.17) is 4.99 Å². The molecular weight excluding hydrogens is 401 g/mol. The van der Waals surface area contributed by atoms with Crippen LogP contribution in [0.25, 0.3) is 0 Å². The second-order valence-corrected chi connectivity index (χ2v) is 6.46. The molecule has 1 aliphatic rings. The van der Waals surface area contributed by atoms with E-state index in [1.165, 1.54) is 37.7 Å². The molecule has 6 heteroatoms. The minimum atomic E-state index is 0. The number of nitrogens with zero attached hydrogens (tertiary/aromatic N) is 3. The summed E-state index contributed by atoms with van der Waals surface area (Å²) in [6.45, 7) is 10.0. The van der Waals surface area contributed by atoms with Crippen LogP contribution < -0.4 is 10.6 Å². The maximum Gasteiger partial charge on any atom is 0.191 e. The molecule has 1 saturated carbocycles. The van der Waals surface area contributed by atoms with Gasteiger partial charge in [-0.1, -0.05) is 19.8 Å². The van der Waals surface area contributed by atoms with Crippen molar-refractivity contribution >= 4 is 29.9 Å². The van der Waals surface area contributed by atoms with E-state index in [0.717, 1.165) is 32.1 Å². The standard InChI is InChI=1S/C17H31N5.HI/c1-4-17(8-6-7-9-17)14-20-16(18-5-2)19-10-11-22-13-15(3)12-21-22;/h12-13H,4-11,14H2,1-3H3,(H2,18,19,20);1H. The first-order valence-corrected chi connectivity index (χ1v) is 8.69. The number of rotatable bonds is 7. The van der Waals surface area contributed by atoms with Crippen molar-refractivity contribution in [2.45, 2.75) is 59.4 Å². The second-order valence-electron chi connectivity index (χ2n) is 6.46. The maximum absolute atomic E-state index is 4.84. The lowest BCUT2D eigenvalue weighted by Crippen LogP contribution is -2.39. The van der Waals surface area contributed by atoms with E-state index in [1.54, 1.807) is 0 Å². The molecule has 23 heavy (non-hydrogen) atoms. The molecule has 0 radical (unpaired) electrons. The first-order chi connectivity index (χ1) is 10.7. The van der Waals surface area contributed by atoms with Crippen LogP contribution in [0.2, 0.25) is 0 Å². The van der Waals surface area contributed by atoms with Gasteiger partial charge in [-0.2, -0.15) is 5.10 Å². The smallest absolute Gasteiger partial charge is 0.191 e. The number of hydrogen-bond donors (Lipinski definition) is 2. The molecule has 0 spiro atoms. The van der Waals surface area contributed by atoms with Gasteiger partial charge in [0.15, 0.2) is 5.96 Å². The highest BCUT2D eigenvalue weighted by molar-refractivity contribution is 14.0. The first kappa shape index (κ1) is 20.3. The van der Waals surface area contributed by atoms with E-state index in [2.05, 4.69) is 42.7 Å². The van der Waals surface area contributed by atoms with Crippen LogP contribution in [0.3, 0.4) is 0 Å². The van der Waals surface area contributed by atoms with Crippen molar-refractivity contribution in [3.05, 3.63) is 18.0 Å². The molecule has 2 N–H and O–H groups in total. The van der Waals surface area contributed by atoms with Gasteiger partial charge in [0.2, 0.25) is 0 Å². The lowest BCUT2D eigenvalue weighted by Gasteiger charge is -2.25. The molecule has 1 heterocycles. The van der Waals surface area contributed by atoms with Gasteiger partial charge in [0, 0.05) is 25.8 Å². The van der Waals surface area contributed by atoms with Gasteiger partial charge in [0.05, 0.1) is 12.7 Å². The number of aliphatic imine (C=N–C) groups is 1. The molecule has 0 aliphatic heterocycles. The van der Waals surface area contributed by atoms with Gasteiger partial charge in [-0.25, -0.2) is 0 Å². The summed E-state index contributed by atoms with van der Waals surface area (Å²) in [6.07, 6.45) is 10.6. The normalized spacial score (nSPS) is 16.9. The third-order valence-electron chi connectivity index (χ3n) is 4.73. The van der Waals surface area contributed by atoms with Crippen LogP contribution in [0.15, 0.2) is 17.4 Å². The van der Waals surface area contributed by atoms with E-state index in [1.807, 2.05) is 10.9 Å². The van der Waals surface area contributed by atoms with Crippen molar-refractivity contribution in [3.63, 3.8) is 0 Å². The molecular formula is C17H32IN5. The summed E-state index contributed by atoms with van der Waals surface area (Å²) in [5.41, 5.74) is 1.65. The summed E-state index contributed by atoms with van der Waals surface area (Å²) in [5.74, 6) is 0.936. The Labute approximate surface area is 157 Å². The second kappa shape index (κ2) is 10.2. The molecule has 5 nitrogen and oxygen atoms in total. The van der Waals surface area contributed by atoms with Gasteiger partial charge < -0.3 is 10.6 Å². The monoisotopic (exact) mass is 433 g/mol. The third-order valence-corrected chi connectivity index (χ3v) is 4.73. The highest BCUT2D eigenvalue weighted by atomic mass is 127. The highest BCUT2D eigenvalue weighted by Crippen LogP contribution is 2.41. The van der Waals surface area contributed by atoms with Gasteiger partial charge in [-0.05, 0) is 44.1 Å². The zero-order valence-electron chi connectivity index (χ0n) is 14.8. The molecule has 0 saturated heterocycles. The quantitative estimate of drug-likeness (QED) is 0.394. The van der Waals surface area contributed by atoms with Crippen LogP contribution >= 0.6 is 24.0 Å².